The van der Waals surface area contributed by atoms with Gasteiger partial charge in [0.25, 0.3) is 5.56 Å². The lowest BCUT2D eigenvalue weighted by Gasteiger charge is -2.15. The lowest BCUT2D eigenvalue weighted by Crippen LogP contribution is -2.25. The highest BCUT2D eigenvalue weighted by atomic mass is 32.2. The number of para-hydroxylation sites is 1. The summed E-state index contributed by atoms with van der Waals surface area (Å²) >= 11 is 3.12. The number of nitrogens with one attached hydrogen (secondary N) is 1. The number of hydrogen-bond acceptors (Lipinski definition) is 6. The first-order chi connectivity index (χ1) is 14.0. The summed E-state index contributed by atoms with van der Waals surface area (Å²) < 4.78 is 1.77. The number of rotatable bonds is 6. The Balaban J connectivity index is 1.54. The third-order valence-electron chi connectivity index (χ3n) is 4.50. The molecule has 2 aromatic heterocycles. The summed E-state index contributed by atoms with van der Waals surface area (Å²) in [7, 11) is 0. The molecule has 0 unspecified atom stereocenters. The van der Waals surface area contributed by atoms with E-state index in [2.05, 4.69) is 29.4 Å². The molecule has 0 saturated heterocycles. The van der Waals surface area contributed by atoms with Crippen molar-refractivity contribution in [2.24, 2.45) is 0 Å². The van der Waals surface area contributed by atoms with Gasteiger partial charge in [0.2, 0.25) is 0 Å². The maximum absolute atomic E-state index is 12.9. The SMILES string of the molecule is Cc1ccc(Nc2nc(CSc3nc4ccccc4c(=O)n3C(C)C)cs2)cc1. The minimum Gasteiger partial charge on any atom is -0.332 e. The molecule has 0 aliphatic heterocycles. The van der Waals surface area contributed by atoms with E-state index in [1.165, 1.54) is 5.56 Å². The number of fused-ring (bicyclic) bond motifs is 1. The summed E-state index contributed by atoms with van der Waals surface area (Å²) in [4.78, 5) is 22.3. The molecule has 0 aliphatic carbocycles. The van der Waals surface area contributed by atoms with Crippen molar-refractivity contribution in [1.29, 1.82) is 0 Å². The average molecular weight is 423 g/mol. The Kier molecular flexibility index (Phi) is 5.69. The Morgan fingerprint density at radius 3 is 2.62 bits per heavy atom. The molecule has 2 heterocycles. The van der Waals surface area contributed by atoms with Gasteiger partial charge in [-0.05, 0) is 45.0 Å². The van der Waals surface area contributed by atoms with E-state index in [0.717, 1.165) is 27.2 Å². The number of aromatic nitrogens is 3. The van der Waals surface area contributed by atoms with Crippen molar-refractivity contribution in [2.75, 3.05) is 5.32 Å². The van der Waals surface area contributed by atoms with Crippen LogP contribution in [0.2, 0.25) is 0 Å². The minimum absolute atomic E-state index is 0.00750. The van der Waals surface area contributed by atoms with Crippen LogP contribution in [-0.2, 0) is 5.75 Å². The normalized spacial score (nSPS) is 11.3. The van der Waals surface area contributed by atoms with Crippen LogP contribution < -0.4 is 10.9 Å². The molecule has 0 radical (unpaired) electrons. The fraction of sp³-hybridized carbons (Fsp3) is 0.227. The second kappa shape index (κ2) is 8.39. The summed E-state index contributed by atoms with van der Waals surface area (Å²) in [5, 5.41) is 7.63. The van der Waals surface area contributed by atoms with Crippen molar-refractivity contribution in [3.8, 4) is 0 Å². The Morgan fingerprint density at radius 1 is 1.10 bits per heavy atom. The molecule has 5 nitrogen and oxygen atoms in total. The molecule has 0 bridgehead atoms. The van der Waals surface area contributed by atoms with Crippen molar-refractivity contribution in [3.05, 3.63) is 75.5 Å². The third kappa shape index (κ3) is 4.36. The number of hydrogen-bond donors (Lipinski definition) is 1. The van der Waals surface area contributed by atoms with Crippen molar-refractivity contribution in [2.45, 2.75) is 37.7 Å². The van der Waals surface area contributed by atoms with Crippen LogP contribution in [0.5, 0.6) is 0 Å². The van der Waals surface area contributed by atoms with Gasteiger partial charge < -0.3 is 5.32 Å². The molecule has 4 aromatic rings. The van der Waals surface area contributed by atoms with E-state index in [9.17, 15) is 4.79 Å². The van der Waals surface area contributed by atoms with Crippen LogP contribution in [0.1, 0.15) is 31.1 Å². The maximum atomic E-state index is 12.9. The van der Waals surface area contributed by atoms with Gasteiger partial charge >= 0.3 is 0 Å². The zero-order chi connectivity index (χ0) is 20.4. The van der Waals surface area contributed by atoms with Crippen LogP contribution in [0.4, 0.5) is 10.8 Å². The summed E-state index contributed by atoms with van der Waals surface area (Å²) in [6.07, 6.45) is 0. The van der Waals surface area contributed by atoms with Crippen LogP contribution in [0.25, 0.3) is 10.9 Å². The van der Waals surface area contributed by atoms with E-state index < -0.39 is 0 Å². The molecule has 7 heteroatoms. The highest BCUT2D eigenvalue weighted by molar-refractivity contribution is 7.98. The molecule has 0 atom stereocenters. The molecule has 0 fully saturated rings. The van der Waals surface area contributed by atoms with E-state index in [1.54, 1.807) is 27.7 Å². The van der Waals surface area contributed by atoms with E-state index in [0.29, 0.717) is 11.1 Å². The Bertz CT molecular complexity index is 1200. The molecule has 2 aromatic carbocycles. The van der Waals surface area contributed by atoms with Gasteiger partial charge in [0.15, 0.2) is 10.3 Å². The fourth-order valence-electron chi connectivity index (χ4n) is 3.01. The number of thiazole rings is 1. The Hall–Kier alpha value is -2.64. The van der Waals surface area contributed by atoms with Gasteiger partial charge in [-0.1, -0.05) is 41.6 Å². The van der Waals surface area contributed by atoms with Gasteiger partial charge in [-0.2, -0.15) is 0 Å². The fourth-order valence-corrected chi connectivity index (χ4v) is 4.87. The monoisotopic (exact) mass is 422 g/mol. The molecular weight excluding hydrogens is 400 g/mol. The number of anilines is 2. The van der Waals surface area contributed by atoms with Gasteiger partial charge in [-0.25, -0.2) is 9.97 Å². The lowest BCUT2D eigenvalue weighted by molar-refractivity contribution is 0.519. The predicted molar refractivity (Wildman–Crippen MR) is 123 cm³/mol. The van der Waals surface area contributed by atoms with E-state index >= 15 is 0 Å². The van der Waals surface area contributed by atoms with E-state index in [4.69, 9.17) is 4.98 Å². The topological polar surface area (TPSA) is 59.8 Å². The lowest BCUT2D eigenvalue weighted by atomic mass is 10.2. The molecule has 1 N–H and O–H groups in total. The minimum atomic E-state index is 0.00750. The highest BCUT2D eigenvalue weighted by Gasteiger charge is 2.14. The van der Waals surface area contributed by atoms with E-state index in [1.807, 2.05) is 55.6 Å². The summed E-state index contributed by atoms with van der Waals surface area (Å²) in [5.41, 5.74) is 3.96. The molecule has 29 heavy (non-hydrogen) atoms. The molecule has 0 amide bonds. The first kappa shape index (κ1) is 19.7. The van der Waals surface area contributed by atoms with Crippen molar-refractivity contribution in [3.63, 3.8) is 0 Å². The first-order valence-corrected chi connectivity index (χ1v) is 11.3. The standard InChI is InChI=1S/C22H22N4OS2/c1-14(2)26-20(27)18-6-4-5-7-19(18)25-22(26)29-13-17-12-28-21(24-17)23-16-10-8-15(3)9-11-16/h4-12,14H,13H2,1-3H3,(H,23,24). The highest BCUT2D eigenvalue weighted by Crippen LogP contribution is 2.27. The van der Waals surface area contributed by atoms with Gasteiger partial charge in [0.1, 0.15) is 0 Å². The van der Waals surface area contributed by atoms with E-state index in [-0.39, 0.29) is 11.6 Å². The van der Waals surface area contributed by atoms with Crippen LogP contribution in [-0.4, -0.2) is 14.5 Å². The zero-order valence-corrected chi connectivity index (χ0v) is 18.2. The van der Waals surface area contributed by atoms with Crippen molar-refractivity contribution in [1.82, 2.24) is 14.5 Å². The number of thioether (sulfide) groups is 1. The molecule has 0 spiro atoms. The van der Waals surface area contributed by atoms with Gasteiger partial charge in [-0.3, -0.25) is 9.36 Å². The largest absolute Gasteiger partial charge is 0.332 e. The number of aryl methyl sites for hydroxylation is 1. The molecular formula is C22H22N4OS2. The predicted octanol–water partition coefficient (Wildman–Crippen LogP) is 5.78. The molecule has 4 rings (SSSR count). The van der Waals surface area contributed by atoms with Crippen LogP contribution >= 0.6 is 23.1 Å². The Labute approximate surface area is 177 Å². The van der Waals surface area contributed by atoms with Crippen LogP contribution in [0.15, 0.2) is 63.9 Å². The van der Waals surface area contributed by atoms with Gasteiger partial charge in [-0.15, -0.1) is 11.3 Å². The second-order valence-electron chi connectivity index (χ2n) is 7.10. The molecule has 148 valence electrons. The first-order valence-electron chi connectivity index (χ1n) is 9.43. The Morgan fingerprint density at radius 2 is 1.86 bits per heavy atom. The van der Waals surface area contributed by atoms with Gasteiger partial charge in [0.05, 0.1) is 16.6 Å². The van der Waals surface area contributed by atoms with Gasteiger partial charge in [0, 0.05) is 22.9 Å². The van der Waals surface area contributed by atoms with Crippen molar-refractivity contribution < 1.29 is 0 Å². The van der Waals surface area contributed by atoms with Crippen LogP contribution in [0, 0.1) is 6.92 Å². The quantitative estimate of drug-likeness (QED) is 0.315. The second-order valence-corrected chi connectivity index (χ2v) is 8.90. The zero-order valence-electron chi connectivity index (χ0n) is 16.5. The third-order valence-corrected chi connectivity index (χ3v) is 6.29. The summed E-state index contributed by atoms with van der Waals surface area (Å²) in [5.74, 6) is 0.656. The summed E-state index contributed by atoms with van der Waals surface area (Å²) in [6, 6.07) is 15.8. The number of benzene rings is 2. The maximum Gasteiger partial charge on any atom is 0.262 e. The average Bonchev–Trinajstić information content (AvgIpc) is 3.15. The number of nitrogens with zero attached hydrogens (tertiary/aromatic N) is 3. The molecule has 0 saturated carbocycles. The summed E-state index contributed by atoms with van der Waals surface area (Å²) in [6.45, 7) is 6.09. The molecule has 0 aliphatic rings. The smallest absolute Gasteiger partial charge is 0.262 e. The van der Waals surface area contributed by atoms with Crippen molar-refractivity contribution >= 4 is 44.8 Å². The van der Waals surface area contributed by atoms with Crippen LogP contribution in [0.3, 0.4) is 0 Å².